The van der Waals surface area contributed by atoms with Crippen molar-refractivity contribution in [2.75, 3.05) is 20.7 Å². The average molecular weight is 291 g/mol. The van der Waals surface area contributed by atoms with E-state index in [2.05, 4.69) is 10.1 Å². The van der Waals surface area contributed by atoms with Gasteiger partial charge in [0.05, 0.1) is 19.3 Å². The van der Waals surface area contributed by atoms with Gasteiger partial charge in [-0.25, -0.2) is 0 Å². The molecule has 0 saturated heterocycles. The van der Waals surface area contributed by atoms with Gasteiger partial charge in [0, 0.05) is 12.1 Å². The number of aliphatic hydroxyl groups is 1. The molecule has 6 heteroatoms. The van der Waals surface area contributed by atoms with Crippen LogP contribution in [0.3, 0.4) is 0 Å². The van der Waals surface area contributed by atoms with Gasteiger partial charge < -0.3 is 14.4 Å². The predicted molar refractivity (Wildman–Crippen MR) is 78.9 cm³/mol. The van der Waals surface area contributed by atoms with Crippen molar-refractivity contribution in [2.24, 2.45) is 0 Å². The molecule has 21 heavy (non-hydrogen) atoms. The number of hydrogen-bond donors (Lipinski definition) is 1. The summed E-state index contributed by atoms with van der Waals surface area (Å²) in [5.41, 5.74) is 0.0826. The monoisotopic (exact) mass is 291 g/mol. The average Bonchev–Trinajstić information content (AvgIpc) is 2.85. The van der Waals surface area contributed by atoms with Crippen molar-refractivity contribution < 1.29 is 14.4 Å². The topological polar surface area (TPSA) is 71.6 Å². The van der Waals surface area contributed by atoms with Crippen molar-refractivity contribution in [3.05, 3.63) is 30.2 Å². The summed E-state index contributed by atoms with van der Waals surface area (Å²) in [5.74, 6) is 1.79. The van der Waals surface area contributed by atoms with Crippen LogP contribution in [-0.4, -0.2) is 46.5 Å². The lowest BCUT2D eigenvalue weighted by Gasteiger charge is -2.23. The van der Waals surface area contributed by atoms with Gasteiger partial charge in [-0.15, -0.1) is 0 Å². The third-order valence-electron chi connectivity index (χ3n) is 2.86. The maximum Gasteiger partial charge on any atom is 0.241 e. The molecule has 0 aliphatic carbocycles. The van der Waals surface area contributed by atoms with Crippen LogP contribution in [0.4, 0.5) is 0 Å². The fourth-order valence-corrected chi connectivity index (χ4v) is 2.15. The van der Waals surface area contributed by atoms with E-state index in [1.165, 1.54) is 0 Å². The summed E-state index contributed by atoms with van der Waals surface area (Å²) in [6.45, 7) is 4.53. The molecule has 0 radical (unpaired) electrons. The van der Waals surface area contributed by atoms with Crippen molar-refractivity contribution in [1.29, 1.82) is 0 Å². The van der Waals surface area contributed by atoms with E-state index >= 15 is 0 Å². The van der Waals surface area contributed by atoms with Gasteiger partial charge in [-0.2, -0.15) is 4.98 Å². The second kappa shape index (κ2) is 6.24. The van der Waals surface area contributed by atoms with E-state index in [1.807, 2.05) is 36.2 Å². The lowest BCUT2D eigenvalue weighted by atomic mass is 10.1. The van der Waals surface area contributed by atoms with Crippen LogP contribution in [0, 0.1) is 0 Å². The molecule has 0 bridgehead atoms. The minimum atomic E-state index is -0.760. The number of likely N-dealkylation sites (N-methyl/N-ethyl adjacent to an activating group) is 1. The van der Waals surface area contributed by atoms with Crippen LogP contribution in [-0.2, 0) is 6.54 Å². The number of nitrogens with zero attached hydrogens (tertiary/aromatic N) is 3. The Morgan fingerprint density at radius 3 is 2.81 bits per heavy atom. The minimum absolute atomic E-state index is 0.487. The predicted octanol–water partition coefficient (Wildman–Crippen LogP) is 1.95. The Labute approximate surface area is 124 Å². The van der Waals surface area contributed by atoms with Crippen LogP contribution in [0.1, 0.15) is 19.7 Å². The summed E-state index contributed by atoms with van der Waals surface area (Å²) in [4.78, 5) is 6.30. The maximum atomic E-state index is 9.78. The molecule has 0 unspecified atom stereocenters. The standard InChI is InChI=1S/C15H21N3O3/c1-15(2,19)10-18(3)9-13-16-14(17-21-13)11-6-5-7-12(8-11)20-4/h5-8,19H,9-10H2,1-4H3. The Morgan fingerprint density at radius 1 is 1.38 bits per heavy atom. The molecule has 1 aromatic carbocycles. The largest absolute Gasteiger partial charge is 0.497 e. The molecule has 0 saturated carbocycles. The molecule has 1 aromatic heterocycles. The van der Waals surface area contributed by atoms with E-state index in [0.29, 0.717) is 24.8 Å². The van der Waals surface area contributed by atoms with E-state index in [9.17, 15) is 5.11 Å². The quantitative estimate of drug-likeness (QED) is 0.877. The van der Waals surface area contributed by atoms with E-state index in [4.69, 9.17) is 9.26 Å². The van der Waals surface area contributed by atoms with Crippen LogP contribution in [0.15, 0.2) is 28.8 Å². The Kier molecular flexibility index (Phi) is 4.59. The summed E-state index contributed by atoms with van der Waals surface area (Å²) >= 11 is 0. The summed E-state index contributed by atoms with van der Waals surface area (Å²) in [5, 5.41) is 13.8. The van der Waals surface area contributed by atoms with Crippen molar-refractivity contribution >= 4 is 0 Å². The van der Waals surface area contributed by atoms with Gasteiger partial charge in [0.2, 0.25) is 11.7 Å². The second-order valence-electron chi connectivity index (χ2n) is 5.73. The van der Waals surface area contributed by atoms with Crippen LogP contribution in [0.25, 0.3) is 11.4 Å². The molecule has 0 spiro atoms. The van der Waals surface area contributed by atoms with E-state index < -0.39 is 5.60 Å². The number of rotatable bonds is 6. The Morgan fingerprint density at radius 2 is 2.14 bits per heavy atom. The maximum absolute atomic E-state index is 9.78. The smallest absolute Gasteiger partial charge is 0.241 e. The lowest BCUT2D eigenvalue weighted by molar-refractivity contribution is 0.0397. The highest BCUT2D eigenvalue weighted by molar-refractivity contribution is 5.56. The number of ether oxygens (including phenoxy) is 1. The van der Waals surface area contributed by atoms with E-state index in [-0.39, 0.29) is 0 Å². The van der Waals surface area contributed by atoms with Crippen molar-refractivity contribution in [2.45, 2.75) is 26.0 Å². The van der Waals surface area contributed by atoms with Crippen LogP contribution >= 0.6 is 0 Å². The van der Waals surface area contributed by atoms with Gasteiger partial charge in [0.15, 0.2) is 0 Å². The summed E-state index contributed by atoms with van der Waals surface area (Å²) in [6.07, 6.45) is 0. The first kappa shape index (κ1) is 15.5. The Balaban J connectivity index is 2.07. The van der Waals surface area contributed by atoms with Crippen molar-refractivity contribution in [3.8, 4) is 17.1 Å². The second-order valence-corrected chi connectivity index (χ2v) is 5.73. The number of methoxy groups -OCH3 is 1. The lowest BCUT2D eigenvalue weighted by Crippen LogP contribution is -2.35. The molecule has 0 fully saturated rings. The molecule has 6 nitrogen and oxygen atoms in total. The fraction of sp³-hybridized carbons (Fsp3) is 0.467. The summed E-state index contributed by atoms with van der Waals surface area (Å²) in [6, 6.07) is 7.50. The highest BCUT2D eigenvalue weighted by Crippen LogP contribution is 2.21. The first-order chi connectivity index (χ1) is 9.87. The molecule has 0 amide bonds. The third kappa shape index (κ3) is 4.54. The molecule has 0 atom stereocenters. The highest BCUT2D eigenvalue weighted by atomic mass is 16.5. The van der Waals surface area contributed by atoms with Gasteiger partial charge in [0.25, 0.3) is 0 Å². The highest BCUT2D eigenvalue weighted by Gasteiger charge is 2.18. The summed E-state index contributed by atoms with van der Waals surface area (Å²) in [7, 11) is 3.51. The van der Waals surface area contributed by atoms with Crippen LogP contribution < -0.4 is 4.74 Å². The van der Waals surface area contributed by atoms with Gasteiger partial charge in [0.1, 0.15) is 5.75 Å². The van der Waals surface area contributed by atoms with Crippen LogP contribution in [0.5, 0.6) is 5.75 Å². The Hall–Kier alpha value is -1.92. The molecular weight excluding hydrogens is 270 g/mol. The van der Waals surface area contributed by atoms with Crippen LogP contribution in [0.2, 0.25) is 0 Å². The number of benzene rings is 1. The van der Waals surface area contributed by atoms with Gasteiger partial charge >= 0.3 is 0 Å². The fourth-order valence-electron chi connectivity index (χ4n) is 2.15. The molecule has 1 heterocycles. The SMILES string of the molecule is COc1cccc(-c2noc(CN(C)CC(C)(C)O)n2)c1. The molecule has 2 aromatic rings. The zero-order chi connectivity index (χ0) is 15.5. The molecule has 2 rings (SSSR count). The van der Waals surface area contributed by atoms with Crippen molar-refractivity contribution in [1.82, 2.24) is 15.0 Å². The van der Waals surface area contributed by atoms with Crippen molar-refractivity contribution in [3.63, 3.8) is 0 Å². The van der Waals surface area contributed by atoms with E-state index in [0.717, 1.165) is 11.3 Å². The van der Waals surface area contributed by atoms with Gasteiger partial charge in [-0.3, -0.25) is 4.90 Å². The third-order valence-corrected chi connectivity index (χ3v) is 2.86. The molecule has 0 aliphatic rings. The summed E-state index contributed by atoms with van der Waals surface area (Å²) < 4.78 is 10.4. The number of aromatic nitrogens is 2. The zero-order valence-corrected chi connectivity index (χ0v) is 12.8. The molecule has 1 N–H and O–H groups in total. The first-order valence-electron chi connectivity index (χ1n) is 6.75. The minimum Gasteiger partial charge on any atom is -0.497 e. The van der Waals surface area contributed by atoms with E-state index in [1.54, 1.807) is 21.0 Å². The normalized spacial score (nSPS) is 11.9. The molecule has 114 valence electrons. The zero-order valence-electron chi connectivity index (χ0n) is 12.8. The Bertz CT molecular complexity index is 590. The first-order valence-corrected chi connectivity index (χ1v) is 6.75. The molecule has 0 aliphatic heterocycles. The molecular formula is C15H21N3O3. The van der Waals surface area contributed by atoms with Gasteiger partial charge in [-0.05, 0) is 33.0 Å². The van der Waals surface area contributed by atoms with Gasteiger partial charge in [-0.1, -0.05) is 17.3 Å². The number of hydrogen-bond acceptors (Lipinski definition) is 6.